The van der Waals surface area contributed by atoms with Gasteiger partial charge in [0, 0.05) is 5.56 Å². The van der Waals surface area contributed by atoms with Gasteiger partial charge in [-0.2, -0.15) is 0 Å². The van der Waals surface area contributed by atoms with Crippen molar-refractivity contribution >= 4 is 5.97 Å². The summed E-state index contributed by atoms with van der Waals surface area (Å²) >= 11 is 0. The van der Waals surface area contributed by atoms with E-state index in [4.69, 9.17) is 16.0 Å². The van der Waals surface area contributed by atoms with Crippen molar-refractivity contribution in [3.8, 4) is 0 Å². The lowest BCUT2D eigenvalue weighted by atomic mass is 10.1. The van der Waals surface area contributed by atoms with Gasteiger partial charge in [-0.1, -0.05) is 6.92 Å². The molecule has 0 radical (unpaired) electrons. The quantitative estimate of drug-likeness (QED) is 0.564. The highest BCUT2D eigenvalue weighted by Gasteiger charge is 2.20. The van der Waals surface area contributed by atoms with Gasteiger partial charge in [-0.25, -0.2) is 0 Å². The van der Waals surface area contributed by atoms with Gasteiger partial charge in [0.25, 0.3) is 0 Å². The van der Waals surface area contributed by atoms with E-state index in [9.17, 15) is 4.79 Å². The third-order valence-corrected chi connectivity index (χ3v) is 1.82. The third kappa shape index (κ3) is 1.62. The SMILES string of the molecule is CCc1c(C(N)C(=O)O)cnn1O. The number of nitrogens with two attached hydrogens (primary N) is 1. The molecule has 6 nitrogen and oxygen atoms in total. The summed E-state index contributed by atoms with van der Waals surface area (Å²) in [5, 5.41) is 21.3. The van der Waals surface area contributed by atoms with Crippen molar-refractivity contribution in [1.82, 2.24) is 9.94 Å². The molecule has 1 unspecified atom stereocenters. The number of rotatable bonds is 3. The number of carbonyl (C=O) groups is 1. The van der Waals surface area contributed by atoms with Crippen LogP contribution in [0.25, 0.3) is 0 Å². The Morgan fingerprint density at radius 2 is 2.46 bits per heavy atom. The molecule has 0 fully saturated rings. The molecule has 0 bridgehead atoms. The summed E-state index contributed by atoms with van der Waals surface area (Å²) in [6, 6.07) is -1.13. The number of hydrogen-bond acceptors (Lipinski definition) is 4. The van der Waals surface area contributed by atoms with E-state index in [1.807, 2.05) is 0 Å². The van der Waals surface area contributed by atoms with Crippen molar-refractivity contribution in [2.24, 2.45) is 5.73 Å². The summed E-state index contributed by atoms with van der Waals surface area (Å²) < 4.78 is 0. The molecule has 0 aliphatic rings. The Balaban J connectivity index is 3.06. The lowest BCUT2D eigenvalue weighted by molar-refractivity contribution is -0.138. The summed E-state index contributed by atoms with van der Waals surface area (Å²) in [5.74, 6) is -1.14. The Morgan fingerprint density at radius 1 is 1.85 bits per heavy atom. The average molecular weight is 185 g/mol. The third-order valence-electron chi connectivity index (χ3n) is 1.82. The van der Waals surface area contributed by atoms with E-state index < -0.39 is 12.0 Å². The molecule has 1 aromatic rings. The molecule has 1 atom stereocenters. The number of hydrogen-bond donors (Lipinski definition) is 3. The molecule has 0 aromatic carbocycles. The van der Waals surface area contributed by atoms with Crippen LogP contribution >= 0.6 is 0 Å². The number of carboxylic acids is 1. The number of aliphatic carboxylic acids is 1. The highest BCUT2D eigenvalue weighted by atomic mass is 16.5. The summed E-state index contributed by atoms with van der Waals surface area (Å²) in [4.78, 5) is 11.2. The molecule has 0 saturated carbocycles. The standard InChI is InChI=1S/C7H11N3O3/c1-2-5-4(3-9-10(5)13)6(8)7(11)12/h3,6,13H,2,8H2,1H3,(H,11,12). The number of nitrogens with zero attached hydrogens (tertiary/aromatic N) is 2. The van der Waals surface area contributed by atoms with Crippen LogP contribution < -0.4 is 5.73 Å². The highest BCUT2D eigenvalue weighted by Crippen LogP contribution is 2.15. The minimum Gasteiger partial charge on any atom is -0.480 e. The molecule has 72 valence electrons. The molecular weight excluding hydrogens is 174 g/mol. The Hall–Kier alpha value is -1.56. The first-order valence-corrected chi connectivity index (χ1v) is 3.82. The zero-order valence-electron chi connectivity index (χ0n) is 7.14. The minimum absolute atomic E-state index is 0.345. The van der Waals surface area contributed by atoms with Gasteiger partial charge in [-0.05, 0) is 6.42 Å². The zero-order chi connectivity index (χ0) is 10.0. The van der Waals surface area contributed by atoms with E-state index in [2.05, 4.69) is 5.10 Å². The van der Waals surface area contributed by atoms with Crippen LogP contribution in [-0.4, -0.2) is 26.2 Å². The molecule has 1 aromatic heterocycles. The maximum absolute atomic E-state index is 10.5. The molecule has 0 aliphatic heterocycles. The molecule has 0 saturated heterocycles. The van der Waals surface area contributed by atoms with Gasteiger partial charge in [-0.3, -0.25) is 4.79 Å². The van der Waals surface area contributed by atoms with E-state index in [1.54, 1.807) is 6.92 Å². The molecule has 13 heavy (non-hydrogen) atoms. The first-order chi connectivity index (χ1) is 6.07. The molecule has 4 N–H and O–H groups in total. The van der Waals surface area contributed by atoms with Crippen LogP contribution in [0.4, 0.5) is 0 Å². The fraction of sp³-hybridized carbons (Fsp3) is 0.429. The number of carboxylic acid groups (broad SMARTS) is 1. The first kappa shape index (κ1) is 9.53. The Labute approximate surface area is 74.5 Å². The fourth-order valence-electron chi connectivity index (χ4n) is 1.11. The molecule has 1 heterocycles. The minimum atomic E-state index is -1.14. The fourth-order valence-corrected chi connectivity index (χ4v) is 1.11. The average Bonchev–Trinajstić information content (AvgIpc) is 2.45. The lowest BCUT2D eigenvalue weighted by Crippen LogP contribution is -2.21. The van der Waals surface area contributed by atoms with Crippen LogP contribution in [0.15, 0.2) is 6.20 Å². The summed E-state index contributed by atoms with van der Waals surface area (Å²) in [6.07, 6.45) is 1.74. The van der Waals surface area contributed by atoms with E-state index in [1.165, 1.54) is 6.20 Å². The predicted molar refractivity (Wildman–Crippen MR) is 43.4 cm³/mol. The van der Waals surface area contributed by atoms with Gasteiger partial charge in [0.2, 0.25) is 0 Å². The van der Waals surface area contributed by atoms with Gasteiger partial charge in [0.15, 0.2) is 0 Å². The maximum Gasteiger partial charge on any atom is 0.325 e. The van der Waals surface area contributed by atoms with Gasteiger partial charge in [0.05, 0.1) is 11.9 Å². The second-order valence-corrected chi connectivity index (χ2v) is 2.61. The van der Waals surface area contributed by atoms with Crippen LogP contribution in [-0.2, 0) is 11.2 Å². The van der Waals surface area contributed by atoms with E-state index in [-0.39, 0.29) is 0 Å². The van der Waals surface area contributed by atoms with E-state index >= 15 is 0 Å². The molecule has 0 spiro atoms. The largest absolute Gasteiger partial charge is 0.480 e. The topological polar surface area (TPSA) is 101 Å². The Kier molecular flexibility index (Phi) is 2.52. The van der Waals surface area contributed by atoms with Crippen molar-refractivity contribution in [3.05, 3.63) is 17.5 Å². The van der Waals surface area contributed by atoms with Gasteiger partial charge < -0.3 is 16.0 Å². The van der Waals surface area contributed by atoms with Gasteiger partial charge >= 0.3 is 5.97 Å². The van der Waals surface area contributed by atoms with Crippen molar-refractivity contribution in [3.63, 3.8) is 0 Å². The lowest BCUT2D eigenvalue weighted by Gasteiger charge is -2.05. The van der Waals surface area contributed by atoms with Crippen LogP contribution in [0.3, 0.4) is 0 Å². The van der Waals surface area contributed by atoms with Crippen LogP contribution in [0.1, 0.15) is 24.2 Å². The van der Waals surface area contributed by atoms with Crippen molar-refractivity contribution < 1.29 is 15.1 Å². The summed E-state index contributed by atoms with van der Waals surface area (Å²) in [5.41, 5.74) is 6.13. The molecule has 1 rings (SSSR count). The monoisotopic (exact) mass is 185 g/mol. The Bertz CT molecular complexity index is 321. The van der Waals surface area contributed by atoms with Crippen LogP contribution in [0.5, 0.6) is 0 Å². The zero-order valence-corrected chi connectivity index (χ0v) is 7.14. The van der Waals surface area contributed by atoms with Crippen molar-refractivity contribution in [1.29, 1.82) is 0 Å². The molecule has 0 aliphatic carbocycles. The second-order valence-electron chi connectivity index (χ2n) is 2.61. The molecule has 6 heteroatoms. The normalized spacial score (nSPS) is 12.8. The second kappa shape index (κ2) is 3.44. The van der Waals surface area contributed by atoms with E-state index in [0.29, 0.717) is 22.5 Å². The van der Waals surface area contributed by atoms with E-state index in [0.717, 1.165) is 0 Å². The summed E-state index contributed by atoms with van der Waals surface area (Å²) in [6.45, 7) is 1.78. The maximum atomic E-state index is 10.5. The van der Waals surface area contributed by atoms with Crippen LogP contribution in [0, 0.1) is 0 Å². The predicted octanol–water partition coefficient (Wildman–Crippen LogP) is -0.233. The van der Waals surface area contributed by atoms with Crippen LogP contribution in [0.2, 0.25) is 0 Å². The van der Waals surface area contributed by atoms with Gasteiger partial charge in [-0.15, -0.1) is 9.94 Å². The van der Waals surface area contributed by atoms with Gasteiger partial charge in [0.1, 0.15) is 6.04 Å². The Morgan fingerprint density at radius 3 is 2.92 bits per heavy atom. The summed E-state index contributed by atoms with van der Waals surface area (Å²) in [7, 11) is 0. The van der Waals surface area contributed by atoms with Crippen molar-refractivity contribution in [2.45, 2.75) is 19.4 Å². The van der Waals surface area contributed by atoms with Crippen molar-refractivity contribution in [2.75, 3.05) is 0 Å². The smallest absolute Gasteiger partial charge is 0.325 e. The molecule has 0 amide bonds. The number of aromatic nitrogens is 2. The highest BCUT2D eigenvalue weighted by molar-refractivity contribution is 5.75. The first-order valence-electron chi connectivity index (χ1n) is 3.82. The molecular formula is C7H11N3O3.